The zero-order valence-electron chi connectivity index (χ0n) is 14.5. The van der Waals surface area contributed by atoms with Gasteiger partial charge in [-0.1, -0.05) is 18.2 Å². The van der Waals surface area contributed by atoms with Crippen LogP contribution in [-0.4, -0.2) is 37.0 Å². The highest BCUT2D eigenvalue weighted by Gasteiger charge is 2.26. The summed E-state index contributed by atoms with van der Waals surface area (Å²) in [4.78, 5) is 14.3. The smallest absolute Gasteiger partial charge is 0.238 e. The van der Waals surface area contributed by atoms with Crippen molar-refractivity contribution in [2.24, 2.45) is 0 Å². The molecule has 1 aliphatic rings. The van der Waals surface area contributed by atoms with Crippen LogP contribution in [-0.2, 0) is 4.79 Å². The van der Waals surface area contributed by atoms with E-state index in [4.69, 9.17) is 0 Å². The van der Waals surface area contributed by atoms with Crippen LogP contribution in [0.25, 0.3) is 0 Å². The van der Waals surface area contributed by atoms with Crippen molar-refractivity contribution in [2.75, 3.05) is 31.5 Å². The van der Waals surface area contributed by atoms with Crippen LogP contribution in [0.2, 0.25) is 0 Å². The van der Waals surface area contributed by atoms with Gasteiger partial charge in [0.05, 0.1) is 12.2 Å². The largest absolute Gasteiger partial charge is 0.322 e. The van der Waals surface area contributed by atoms with E-state index in [1.165, 1.54) is 18.2 Å². The summed E-state index contributed by atoms with van der Waals surface area (Å²) >= 11 is 0. The molecular formula is C19H22ClF2N3O. The molecular weight excluding hydrogens is 360 g/mol. The Labute approximate surface area is 158 Å². The number of hydrogen-bond donors (Lipinski definition) is 2. The van der Waals surface area contributed by atoms with Crippen LogP contribution in [0.3, 0.4) is 0 Å². The molecule has 26 heavy (non-hydrogen) atoms. The summed E-state index contributed by atoms with van der Waals surface area (Å²) in [6.07, 6.45) is 0. The Bertz CT molecular complexity index is 772. The van der Waals surface area contributed by atoms with Crippen molar-refractivity contribution in [3.63, 3.8) is 0 Å². The Kier molecular flexibility index (Phi) is 7.08. The lowest BCUT2D eigenvalue weighted by Crippen LogP contribution is -2.48. The minimum absolute atomic E-state index is 0. The van der Waals surface area contributed by atoms with Crippen molar-refractivity contribution in [1.82, 2.24) is 10.2 Å². The molecule has 4 nitrogen and oxygen atoms in total. The fraction of sp³-hybridized carbons (Fsp3) is 0.316. The quantitative estimate of drug-likeness (QED) is 0.854. The van der Waals surface area contributed by atoms with Gasteiger partial charge in [-0.2, -0.15) is 0 Å². The van der Waals surface area contributed by atoms with Crippen LogP contribution in [0, 0.1) is 18.6 Å². The molecule has 1 saturated heterocycles. The average Bonchev–Trinajstić information content (AvgIpc) is 2.58. The summed E-state index contributed by atoms with van der Waals surface area (Å²) in [5, 5.41) is 5.88. The molecule has 1 fully saturated rings. The van der Waals surface area contributed by atoms with Gasteiger partial charge in [-0.3, -0.25) is 9.69 Å². The summed E-state index contributed by atoms with van der Waals surface area (Å²) in [7, 11) is 0. The lowest BCUT2D eigenvalue weighted by molar-refractivity contribution is -0.118. The van der Waals surface area contributed by atoms with Crippen LogP contribution in [0.5, 0.6) is 0 Å². The third-order valence-electron chi connectivity index (χ3n) is 4.33. The van der Waals surface area contributed by atoms with Crippen LogP contribution in [0.15, 0.2) is 42.5 Å². The van der Waals surface area contributed by atoms with E-state index in [1.807, 2.05) is 11.0 Å². The van der Waals surface area contributed by atoms with E-state index < -0.39 is 5.82 Å². The second-order valence-electron chi connectivity index (χ2n) is 6.28. The Hall–Kier alpha value is -2.02. The summed E-state index contributed by atoms with van der Waals surface area (Å²) in [5.74, 6) is -1.03. The predicted octanol–water partition coefficient (Wildman–Crippen LogP) is 3.28. The number of hydrogen-bond acceptors (Lipinski definition) is 3. The molecule has 1 amide bonds. The lowest BCUT2D eigenvalue weighted by Gasteiger charge is -2.36. The highest BCUT2D eigenvalue weighted by atomic mass is 35.5. The van der Waals surface area contributed by atoms with Crippen molar-refractivity contribution in [3.8, 4) is 0 Å². The highest BCUT2D eigenvalue weighted by Crippen LogP contribution is 2.23. The lowest BCUT2D eigenvalue weighted by atomic mass is 10.0. The van der Waals surface area contributed by atoms with E-state index in [-0.39, 0.29) is 42.4 Å². The van der Waals surface area contributed by atoms with Gasteiger partial charge < -0.3 is 10.6 Å². The maximum absolute atomic E-state index is 13.9. The second kappa shape index (κ2) is 9.07. The number of rotatable bonds is 4. The first-order valence-corrected chi connectivity index (χ1v) is 8.29. The monoisotopic (exact) mass is 381 g/mol. The van der Waals surface area contributed by atoms with Gasteiger partial charge in [0.15, 0.2) is 0 Å². The van der Waals surface area contributed by atoms with Gasteiger partial charge in [0.1, 0.15) is 11.6 Å². The Morgan fingerprint density at radius 1 is 1.27 bits per heavy atom. The number of piperazine rings is 1. The predicted molar refractivity (Wildman–Crippen MR) is 101 cm³/mol. The number of anilines is 1. The first kappa shape index (κ1) is 20.3. The number of amides is 1. The van der Waals surface area contributed by atoms with Gasteiger partial charge in [-0.05, 0) is 42.3 Å². The van der Waals surface area contributed by atoms with Gasteiger partial charge >= 0.3 is 0 Å². The number of halogens is 3. The molecule has 0 spiro atoms. The third kappa shape index (κ3) is 5.00. The number of nitrogens with zero attached hydrogens (tertiary/aromatic N) is 1. The minimum atomic E-state index is -0.449. The Morgan fingerprint density at radius 2 is 2.08 bits per heavy atom. The number of nitrogens with one attached hydrogen (secondary N) is 2. The molecule has 1 heterocycles. The number of aryl methyl sites for hydroxylation is 1. The SMILES string of the molecule is Cc1ccc(NC(=O)CN2CCNCC2c2cccc(F)c2)c(F)c1.Cl. The molecule has 7 heteroatoms. The Balaban J connectivity index is 0.00000243. The zero-order chi connectivity index (χ0) is 17.8. The summed E-state index contributed by atoms with van der Waals surface area (Å²) in [5.41, 5.74) is 1.79. The molecule has 2 aromatic rings. The van der Waals surface area contributed by atoms with E-state index in [0.29, 0.717) is 13.1 Å². The highest BCUT2D eigenvalue weighted by molar-refractivity contribution is 5.92. The van der Waals surface area contributed by atoms with E-state index in [2.05, 4.69) is 10.6 Å². The number of benzene rings is 2. The molecule has 3 rings (SSSR count). The van der Waals surface area contributed by atoms with Crippen LogP contribution >= 0.6 is 12.4 Å². The van der Waals surface area contributed by atoms with Gasteiger partial charge in [0.25, 0.3) is 0 Å². The van der Waals surface area contributed by atoms with Crippen LogP contribution in [0.1, 0.15) is 17.2 Å². The Morgan fingerprint density at radius 3 is 2.81 bits per heavy atom. The summed E-state index contributed by atoms with van der Waals surface area (Å²) in [6, 6.07) is 11.0. The molecule has 2 aromatic carbocycles. The maximum Gasteiger partial charge on any atom is 0.238 e. The van der Waals surface area contributed by atoms with E-state index >= 15 is 0 Å². The zero-order valence-corrected chi connectivity index (χ0v) is 15.3. The van der Waals surface area contributed by atoms with Crippen molar-refractivity contribution in [1.29, 1.82) is 0 Å². The van der Waals surface area contributed by atoms with E-state index in [1.54, 1.807) is 25.1 Å². The molecule has 1 aliphatic heterocycles. The molecule has 1 atom stereocenters. The van der Waals surface area contributed by atoms with Crippen LogP contribution in [0.4, 0.5) is 14.5 Å². The van der Waals surface area contributed by atoms with Crippen molar-refractivity contribution in [3.05, 3.63) is 65.2 Å². The molecule has 140 valence electrons. The van der Waals surface area contributed by atoms with E-state index in [9.17, 15) is 13.6 Å². The first-order valence-electron chi connectivity index (χ1n) is 8.29. The molecule has 0 aromatic heterocycles. The molecule has 0 aliphatic carbocycles. The van der Waals surface area contributed by atoms with Crippen molar-refractivity contribution >= 4 is 24.0 Å². The summed E-state index contributed by atoms with van der Waals surface area (Å²) < 4.78 is 27.4. The fourth-order valence-electron chi connectivity index (χ4n) is 3.07. The van der Waals surface area contributed by atoms with Gasteiger partial charge in [0.2, 0.25) is 5.91 Å². The molecule has 0 saturated carbocycles. The topological polar surface area (TPSA) is 44.4 Å². The first-order chi connectivity index (χ1) is 12.0. The third-order valence-corrected chi connectivity index (χ3v) is 4.33. The van der Waals surface area contributed by atoms with Crippen molar-refractivity contribution < 1.29 is 13.6 Å². The van der Waals surface area contributed by atoms with E-state index in [0.717, 1.165) is 17.7 Å². The molecule has 0 bridgehead atoms. The van der Waals surface area contributed by atoms with Gasteiger partial charge in [-0.15, -0.1) is 12.4 Å². The van der Waals surface area contributed by atoms with Gasteiger partial charge in [-0.25, -0.2) is 8.78 Å². The average molecular weight is 382 g/mol. The van der Waals surface area contributed by atoms with Gasteiger partial charge in [0, 0.05) is 25.7 Å². The number of carbonyl (C=O) groups excluding carboxylic acids is 1. The molecule has 1 unspecified atom stereocenters. The molecule has 0 radical (unpaired) electrons. The standard InChI is InChI=1S/C19H21F2N3O.ClH/c1-13-5-6-17(16(21)9-13)23-19(25)12-24-8-7-22-11-18(24)14-3-2-4-15(20)10-14;/h2-6,9-10,18,22H,7-8,11-12H2,1H3,(H,23,25);1H. The van der Waals surface area contributed by atoms with Crippen molar-refractivity contribution in [2.45, 2.75) is 13.0 Å². The second-order valence-corrected chi connectivity index (χ2v) is 6.28. The maximum atomic E-state index is 13.9. The molecule has 2 N–H and O–H groups in total. The number of carbonyl (C=O) groups is 1. The van der Waals surface area contributed by atoms with Crippen LogP contribution < -0.4 is 10.6 Å². The minimum Gasteiger partial charge on any atom is -0.322 e. The fourth-order valence-corrected chi connectivity index (χ4v) is 3.07. The summed E-state index contributed by atoms with van der Waals surface area (Å²) in [6.45, 7) is 3.95. The normalized spacial score (nSPS) is 17.4.